The maximum atomic E-state index is 12.8. The van der Waals surface area contributed by atoms with E-state index in [1.807, 2.05) is 6.92 Å². The molecule has 0 radical (unpaired) electrons. The number of benzene rings is 2. The summed E-state index contributed by atoms with van der Waals surface area (Å²) in [7, 11) is 0. The third-order valence-electron chi connectivity index (χ3n) is 3.23. The number of aliphatic hydroxyl groups is 1. The number of hydrogen-bond acceptors (Lipinski definition) is 2. The van der Waals surface area contributed by atoms with E-state index in [1.165, 1.54) is 24.3 Å². The van der Waals surface area contributed by atoms with Crippen LogP contribution in [0.5, 0.6) is 0 Å². The minimum Gasteiger partial charge on any atom is -0.387 e. The van der Waals surface area contributed by atoms with Crippen LogP contribution < -0.4 is 5.32 Å². The Hall–Kier alpha value is -1.78. The van der Waals surface area contributed by atoms with Gasteiger partial charge in [-0.15, -0.1) is 0 Å². The predicted octanol–water partition coefficient (Wildman–Crippen LogP) is 3.18. The summed E-state index contributed by atoms with van der Waals surface area (Å²) in [4.78, 5) is 0. The van der Waals surface area contributed by atoms with Gasteiger partial charge in [0, 0.05) is 12.6 Å². The minimum absolute atomic E-state index is 0.203. The molecule has 106 valence electrons. The van der Waals surface area contributed by atoms with Crippen LogP contribution in [0.4, 0.5) is 8.78 Å². The summed E-state index contributed by atoms with van der Waals surface area (Å²) in [5.41, 5.74) is 1.59. The molecular weight excluding hydrogens is 260 g/mol. The quantitative estimate of drug-likeness (QED) is 0.879. The van der Waals surface area contributed by atoms with Crippen molar-refractivity contribution in [1.29, 1.82) is 0 Å². The Morgan fingerprint density at radius 1 is 0.950 bits per heavy atom. The van der Waals surface area contributed by atoms with Crippen LogP contribution in [0.25, 0.3) is 0 Å². The van der Waals surface area contributed by atoms with E-state index in [0.29, 0.717) is 12.1 Å². The zero-order chi connectivity index (χ0) is 14.5. The lowest BCUT2D eigenvalue weighted by Crippen LogP contribution is -2.31. The van der Waals surface area contributed by atoms with Gasteiger partial charge in [0.25, 0.3) is 0 Å². The van der Waals surface area contributed by atoms with Gasteiger partial charge in [0.2, 0.25) is 0 Å². The Kier molecular flexibility index (Phi) is 4.82. The van der Waals surface area contributed by atoms with E-state index in [0.717, 1.165) is 5.56 Å². The first-order chi connectivity index (χ1) is 9.56. The van der Waals surface area contributed by atoms with Crippen LogP contribution in [0.15, 0.2) is 48.5 Å². The Labute approximate surface area is 117 Å². The molecular formula is C16H17F2NO. The number of halogens is 2. The van der Waals surface area contributed by atoms with Crippen molar-refractivity contribution in [1.82, 2.24) is 5.32 Å². The van der Waals surface area contributed by atoms with E-state index in [-0.39, 0.29) is 17.7 Å². The average Bonchev–Trinajstić information content (AvgIpc) is 2.46. The molecule has 0 aliphatic heterocycles. The van der Waals surface area contributed by atoms with Gasteiger partial charge < -0.3 is 10.4 Å². The first kappa shape index (κ1) is 14.6. The largest absolute Gasteiger partial charge is 0.387 e. The fraction of sp³-hybridized carbons (Fsp3) is 0.250. The smallest absolute Gasteiger partial charge is 0.123 e. The van der Waals surface area contributed by atoms with E-state index in [2.05, 4.69) is 5.32 Å². The summed E-state index contributed by atoms with van der Waals surface area (Å²) in [6, 6.07) is 11.8. The molecule has 0 bridgehead atoms. The molecule has 2 unspecified atom stereocenters. The number of hydrogen-bond donors (Lipinski definition) is 2. The van der Waals surface area contributed by atoms with Gasteiger partial charge in [-0.3, -0.25) is 0 Å². The van der Waals surface area contributed by atoms with Crippen LogP contribution in [0.1, 0.15) is 24.2 Å². The summed E-state index contributed by atoms with van der Waals surface area (Å²) in [6.45, 7) is 2.37. The minimum atomic E-state index is -0.726. The standard InChI is InChI=1S/C16H17F2NO/c1-11(16(20)13-4-8-15(18)9-5-13)19-10-12-2-6-14(17)7-3-12/h2-9,11,16,19-20H,10H2,1H3. The van der Waals surface area contributed by atoms with Crippen molar-refractivity contribution in [3.63, 3.8) is 0 Å². The lowest BCUT2D eigenvalue weighted by atomic mass is 10.0. The fourth-order valence-electron chi connectivity index (χ4n) is 1.94. The van der Waals surface area contributed by atoms with Crippen molar-refractivity contribution in [2.45, 2.75) is 25.6 Å². The summed E-state index contributed by atoms with van der Waals surface area (Å²) in [5.74, 6) is -0.596. The van der Waals surface area contributed by atoms with Gasteiger partial charge in [0.05, 0.1) is 6.10 Å². The van der Waals surface area contributed by atoms with Crippen LogP contribution in [0.2, 0.25) is 0 Å². The normalized spacial score (nSPS) is 14.0. The SMILES string of the molecule is CC(NCc1ccc(F)cc1)C(O)c1ccc(F)cc1. The van der Waals surface area contributed by atoms with Crippen molar-refractivity contribution in [2.24, 2.45) is 0 Å². The van der Waals surface area contributed by atoms with Crippen molar-refractivity contribution < 1.29 is 13.9 Å². The molecule has 0 amide bonds. The highest BCUT2D eigenvalue weighted by molar-refractivity contribution is 5.20. The maximum absolute atomic E-state index is 12.8. The number of rotatable bonds is 5. The van der Waals surface area contributed by atoms with Crippen LogP contribution in [-0.2, 0) is 6.54 Å². The van der Waals surface area contributed by atoms with Crippen LogP contribution >= 0.6 is 0 Å². The fourth-order valence-corrected chi connectivity index (χ4v) is 1.94. The van der Waals surface area contributed by atoms with Crippen LogP contribution in [0.3, 0.4) is 0 Å². The highest BCUT2D eigenvalue weighted by atomic mass is 19.1. The second-order valence-electron chi connectivity index (χ2n) is 4.79. The first-order valence-electron chi connectivity index (χ1n) is 6.47. The summed E-state index contributed by atoms with van der Waals surface area (Å²) < 4.78 is 25.6. The molecule has 0 fully saturated rings. The topological polar surface area (TPSA) is 32.3 Å². The van der Waals surface area contributed by atoms with E-state index in [9.17, 15) is 13.9 Å². The molecule has 0 aliphatic rings. The van der Waals surface area contributed by atoms with Crippen molar-refractivity contribution in [3.8, 4) is 0 Å². The van der Waals surface area contributed by atoms with Crippen LogP contribution in [-0.4, -0.2) is 11.1 Å². The summed E-state index contributed by atoms with van der Waals surface area (Å²) >= 11 is 0. The van der Waals surface area contributed by atoms with E-state index < -0.39 is 6.10 Å². The van der Waals surface area contributed by atoms with Gasteiger partial charge in [-0.1, -0.05) is 24.3 Å². The third kappa shape index (κ3) is 3.85. The van der Waals surface area contributed by atoms with Crippen LogP contribution in [0, 0.1) is 11.6 Å². The molecule has 0 saturated heterocycles. The molecule has 2 N–H and O–H groups in total. The zero-order valence-electron chi connectivity index (χ0n) is 11.2. The molecule has 2 nitrogen and oxygen atoms in total. The van der Waals surface area contributed by atoms with Gasteiger partial charge in [-0.25, -0.2) is 8.78 Å². The van der Waals surface area contributed by atoms with Gasteiger partial charge in [-0.2, -0.15) is 0 Å². The zero-order valence-corrected chi connectivity index (χ0v) is 11.2. The Bertz CT molecular complexity index is 539. The Balaban J connectivity index is 1.92. The second kappa shape index (κ2) is 6.59. The van der Waals surface area contributed by atoms with Crippen molar-refractivity contribution >= 4 is 0 Å². The van der Waals surface area contributed by atoms with Gasteiger partial charge in [0.1, 0.15) is 11.6 Å². The van der Waals surface area contributed by atoms with Gasteiger partial charge >= 0.3 is 0 Å². The molecule has 2 aromatic carbocycles. The highest BCUT2D eigenvalue weighted by Gasteiger charge is 2.15. The highest BCUT2D eigenvalue weighted by Crippen LogP contribution is 2.17. The monoisotopic (exact) mass is 277 g/mol. The predicted molar refractivity (Wildman–Crippen MR) is 74.1 cm³/mol. The molecule has 0 spiro atoms. The second-order valence-corrected chi connectivity index (χ2v) is 4.79. The molecule has 2 rings (SSSR count). The molecule has 2 atom stereocenters. The molecule has 0 heterocycles. The van der Waals surface area contributed by atoms with E-state index in [1.54, 1.807) is 24.3 Å². The summed E-state index contributed by atoms with van der Waals surface area (Å²) in [5, 5.41) is 13.3. The number of aliphatic hydroxyl groups excluding tert-OH is 1. The molecule has 4 heteroatoms. The van der Waals surface area contributed by atoms with E-state index >= 15 is 0 Å². The van der Waals surface area contributed by atoms with Gasteiger partial charge in [-0.05, 0) is 42.3 Å². The lowest BCUT2D eigenvalue weighted by Gasteiger charge is -2.20. The molecule has 2 aromatic rings. The lowest BCUT2D eigenvalue weighted by molar-refractivity contribution is 0.135. The Morgan fingerprint density at radius 3 is 2.00 bits per heavy atom. The molecule has 20 heavy (non-hydrogen) atoms. The molecule has 0 saturated carbocycles. The first-order valence-corrected chi connectivity index (χ1v) is 6.47. The molecule has 0 aliphatic carbocycles. The summed E-state index contributed by atoms with van der Waals surface area (Å²) in [6.07, 6.45) is -0.726. The van der Waals surface area contributed by atoms with Gasteiger partial charge in [0.15, 0.2) is 0 Å². The van der Waals surface area contributed by atoms with E-state index in [4.69, 9.17) is 0 Å². The maximum Gasteiger partial charge on any atom is 0.123 e. The van der Waals surface area contributed by atoms with Crippen molar-refractivity contribution in [2.75, 3.05) is 0 Å². The Morgan fingerprint density at radius 2 is 1.45 bits per heavy atom. The molecule has 0 aromatic heterocycles. The van der Waals surface area contributed by atoms with Crippen molar-refractivity contribution in [3.05, 3.63) is 71.3 Å². The third-order valence-corrected chi connectivity index (χ3v) is 3.23. The number of nitrogens with one attached hydrogen (secondary N) is 1. The average molecular weight is 277 g/mol.